The second kappa shape index (κ2) is 5.53. The average Bonchev–Trinajstić information content (AvgIpc) is 2.80. The predicted octanol–water partition coefficient (Wildman–Crippen LogP) is 2.17. The molecule has 0 unspecified atom stereocenters. The summed E-state index contributed by atoms with van der Waals surface area (Å²) in [6.45, 7) is 0. The molecule has 150 valence electrons. The molecule has 0 bridgehead atoms. The Bertz CT molecular complexity index is 1920. The fourth-order valence-electron chi connectivity index (χ4n) is 5.44. The molecule has 0 saturated carbocycles. The number of nitrogens with zero attached hydrogens (tertiary/aromatic N) is 1. The van der Waals surface area contributed by atoms with Gasteiger partial charge in [-0.3, -0.25) is 29.8 Å². The molecule has 8 heteroatoms. The molecule has 33 heavy (non-hydrogen) atoms. The lowest BCUT2D eigenvalue weighted by Gasteiger charge is -2.25. The highest BCUT2D eigenvalue weighted by Crippen LogP contribution is 2.45. The number of nitriles is 1. The van der Waals surface area contributed by atoms with Gasteiger partial charge in [0.1, 0.15) is 7.85 Å². The molecule has 0 spiro atoms. The van der Waals surface area contributed by atoms with Crippen LogP contribution < -0.4 is 16.1 Å². The molecule has 0 aliphatic carbocycles. The maximum Gasteiger partial charge on any atom is 0.258 e. The van der Waals surface area contributed by atoms with Crippen LogP contribution in [0.1, 0.15) is 47.0 Å². The summed E-state index contributed by atoms with van der Waals surface area (Å²) in [6, 6.07) is 11.9. The molecule has 5 aromatic rings. The van der Waals surface area contributed by atoms with Crippen molar-refractivity contribution in [1.82, 2.24) is 10.6 Å². The maximum absolute atomic E-state index is 12.6. The molecule has 2 aliphatic rings. The number of carbonyl (C=O) groups is 4. The van der Waals surface area contributed by atoms with Gasteiger partial charge >= 0.3 is 0 Å². The normalized spacial score (nSPS) is 14.9. The van der Waals surface area contributed by atoms with Crippen molar-refractivity contribution in [3.05, 3.63) is 64.2 Å². The highest BCUT2D eigenvalue weighted by molar-refractivity contribution is 6.50. The van der Waals surface area contributed by atoms with E-state index in [2.05, 4.69) is 16.7 Å². The second-order valence-corrected chi connectivity index (χ2v) is 8.23. The van der Waals surface area contributed by atoms with Gasteiger partial charge in [0.05, 0.1) is 11.6 Å². The van der Waals surface area contributed by atoms with Gasteiger partial charge in [-0.15, -0.1) is 0 Å². The number of fused-ring (bicyclic) bond motifs is 2. The van der Waals surface area contributed by atoms with Gasteiger partial charge in [-0.05, 0) is 39.7 Å². The molecular formula is C25H8BN3O4. The highest BCUT2D eigenvalue weighted by atomic mass is 16.2. The minimum absolute atomic E-state index is 0.240. The third-order valence-corrected chi connectivity index (χ3v) is 6.69. The topological polar surface area (TPSA) is 116 Å². The summed E-state index contributed by atoms with van der Waals surface area (Å²) in [4.78, 5) is 50.4. The Morgan fingerprint density at radius 3 is 1.67 bits per heavy atom. The molecule has 2 radical (unpaired) electrons. The van der Waals surface area contributed by atoms with Crippen molar-refractivity contribution < 1.29 is 19.2 Å². The minimum Gasteiger partial charge on any atom is -0.288 e. The molecule has 4 amide bonds. The third-order valence-electron chi connectivity index (χ3n) is 6.69. The zero-order valence-corrected chi connectivity index (χ0v) is 16.6. The van der Waals surface area contributed by atoms with E-state index in [1.165, 1.54) is 12.1 Å². The fourth-order valence-corrected chi connectivity index (χ4v) is 5.44. The van der Waals surface area contributed by atoms with Crippen LogP contribution in [0.15, 0.2) is 36.4 Å². The monoisotopic (exact) mass is 425 g/mol. The van der Waals surface area contributed by atoms with E-state index in [-0.39, 0.29) is 16.7 Å². The summed E-state index contributed by atoms with van der Waals surface area (Å²) < 4.78 is 0. The number of rotatable bonds is 0. The van der Waals surface area contributed by atoms with Crippen molar-refractivity contribution in [3.63, 3.8) is 0 Å². The van der Waals surface area contributed by atoms with Crippen molar-refractivity contribution in [2.45, 2.75) is 0 Å². The standard InChI is InChI=1S/C25H8BN3O4/c26-15-6-14-18-12(23(31)29-25(14)33)3-1-9-16-8(7-27)5-13-17-11(22(30)28-24(13)32)4-2-10(20(16)17)19(15)21(9)18/h1-6H,(H,28,30,32)(H,29,31,33). The molecule has 0 fully saturated rings. The summed E-state index contributed by atoms with van der Waals surface area (Å²) in [5.41, 5.74) is 1.76. The van der Waals surface area contributed by atoms with Crippen LogP contribution in [0.2, 0.25) is 0 Å². The molecule has 7 nitrogen and oxygen atoms in total. The van der Waals surface area contributed by atoms with Crippen molar-refractivity contribution in [2.75, 3.05) is 0 Å². The molecule has 0 aromatic heterocycles. The molecule has 2 N–H and O–H groups in total. The Kier molecular flexibility index (Phi) is 2.99. The first-order valence-electron chi connectivity index (χ1n) is 10.1. The second-order valence-electron chi connectivity index (χ2n) is 8.23. The van der Waals surface area contributed by atoms with E-state index < -0.39 is 23.6 Å². The lowest BCUT2D eigenvalue weighted by molar-refractivity contribution is 0.0828. The molecule has 5 aromatic carbocycles. The number of imide groups is 2. The Morgan fingerprint density at radius 1 is 0.606 bits per heavy atom. The van der Waals surface area contributed by atoms with E-state index in [1.807, 2.05) is 0 Å². The lowest BCUT2D eigenvalue weighted by Crippen LogP contribution is -2.35. The molecule has 7 rings (SSSR count). The van der Waals surface area contributed by atoms with E-state index in [4.69, 9.17) is 7.85 Å². The van der Waals surface area contributed by atoms with Gasteiger partial charge in [0, 0.05) is 43.8 Å². The van der Waals surface area contributed by atoms with Crippen LogP contribution >= 0.6 is 0 Å². The predicted molar refractivity (Wildman–Crippen MR) is 121 cm³/mol. The number of hydrogen-bond acceptors (Lipinski definition) is 5. The van der Waals surface area contributed by atoms with Gasteiger partial charge < -0.3 is 0 Å². The van der Waals surface area contributed by atoms with Crippen LogP contribution in [0.25, 0.3) is 43.1 Å². The maximum atomic E-state index is 12.6. The van der Waals surface area contributed by atoms with E-state index in [9.17, 15) is 24.4 Å². The number of amides is 4. The van der Waals surface area contributed by atoms with Gasteiger partial charge in [-0.2, -0.15) is 5.26 Å². The van der Waals surface area contributed by atoms with Crippen LogP contribution in [0.3, 0.4) is 0 Å². The van der Waals surface area contributed by atoms with Crippen LogP contribution in [0, 0.1) is 11.3 Å². The fraction of sp³-hybridized carbons (Fsp3) is 0. The Balaban J connectivity index is 1.89. The molecule has 0 atom stereocenters. The minimum atomic E-state index is -0.570. The van der Waals surface area contributed by atoms with E-state index in [0.29, 0.717) is 59.7 Å². The SMILES string of the molecule is [B]c1cc2c3c(ccc4c5c(C#N)cc6c7c(ccc(c1c34)c75)C(=O)NC6=O)C(=O)NC2=O. The Hall–Kier alpha value is -4.77. The van der Waals surface area contributed by atoms with Gasteiger partial charge in [0.15, 0.2) is 0 Å². The van der Waals surface area contributed by atoms with Gasteiger partial charge in [0.25, 0.3) is 23.6 Å². The number of hydrogen-bond donors (Lipinski definition) is 2. The lowest BCUT2D eigenvalue weighted by atomic mass is 9.77. The average molecular weight is 425 g/mol. The smallest absolute Gasteiger partial charge is 0.258 e. The summed E-state index contributed by atoms with van der Waals surface area (Å²) >= 11 is 0. The zero-order chi connectivity index (χ0) is 22.8. The Morgan fingerprint density at radius 2 is 1.09 bits per heavy atom. The summed E-state index contributed by atoms with van der Waals surface area (Å²) in [7, 11) is 6.45. The summed E-state index contributed by atoms with van der Waals surface area (Å²) in [6.07, 6.45) is 0. The zero-order valence-electron chi connectivity index (χ0n) is 16.6. The summed E-state index contributed by atoms with van der Waals surface area (Å²) in [5.74, 6) is -2.13. The van der Waals surface area contributed by atoms with Gasteiger partial charge in [-0.25, -0.2) is 0 Å². The molecule has 2 aliphatic heterocycles. The van der Waals surface area contributed by atoms with Crippen LogP contribution in [0.5, 0.6) is 0 Å². The third kappa shape index (κ3) is 1.91. The van der Waals surface area contributed by atoms with Crippen LogP contribution in [0.4, 0.5) is 0 Å². The number of nitrogens with one attached hydrogen (secondary N) is 2. The number of carbonyl (C=O) groups excluding carboxylic acids is 4. The first-order chi connectivity index (χ1) is 15.9. The number of benzene rings is 5. The van der Waals surface area contributed by atoms with E-state index in [1.54, 1.807) is 24.3 Å². The molecule has 2 heterocycles. The highest BCUT2D eigenvalue weighted by Gasteiger charge is 2.32. The van der Waals surface area contributed by atoms with Crippen LogP contribution in [-0.2, 0) is 0 Å². The van der Waals surface area contributed by atoms with Gasteiger partial charge in [-0.1, -0.05) is 23.7 Å². The first-order valence-corrected chi connectivity index (χ1v) is 10.1. The Labute approximate surface area is 185 Å². The van der Waals surface area contributed by atoms with E-state index >= 15 is 0 Å². The molecular weight excluding hydrogens is 417 g/mol. The summed E-state index contributed by atoms with van der Waals surface area (Å²) in [5, 5.41) is 19.2. The van der Waals surface area contributed by atoms with E-state index in [0.717, 1.165) is 0 Å². The molecule has 0 saturated heterocycles. The van der Waals surface area contributed by atoms with Crippen molar-refractivity contribution in [2.24, 2.45) is 0 Å². The van der Waals surface area contributed by atoms with Crippen LogP contribution in [-0.4, -0.2) is 31.5 Å². The van der Waals surface area contributed by atoms with Crippen molar-refractivity contribution >= 4 is 80.0 Å². The first kappa shape index (κ1) is 17.9. The van der Waals surface area contributed by atoms with Crippen molar-refractivity contribution in [1.29, 1.82) is 5.26 Å². The van der Waals surface area contributed by atoms with Gasteiger partial charge in [0.2, 0.25) is 0 Å². The van der Waals surface area contributed by atoms with Crippen molar-refractivity contribution in [3.8, 4) is 6.07 Å². The quantitative estimate of drug-likeness (QED) is 0.171. The largest absolute Gasteiger partial charge is 0.288 e.